The van der Waals surface area contributed by atoms with Gasteiger partial charge in [-0.3, -0.25) is 14.5 Å². The van der Waals surface area contributed by atoms with Crippen molar-refractivity contribution in [2.24, 2.45) is 0 Å². The van der Waals surface area contributed by atoms with Gasteiger partial charge in [0.15, 0.2) is 5.76 Å². The summed E-state index contributed by atoms with van der Waals surface area (Å²) in [6.45, 7) is 3.93. The van der Waals surface area contributed by atoms with E-state index in [1.54, 1.807) is 24.1 Å². The number of methoxy groups -OCH3 is 1. The number of piperazine rings is 1. The van der Waals surface area contributed by atoms with Crippen molar-refractivity contribution in [3.63, 3.8) is 0 Å². The Labute approximate surface area is 158 Å². The van der Waals surface area contributed by atoms with Gasteiger partial charge in [-0.05, 0) is 18.2 Å². The van der Waals surface area contributed by atoms with Gasteiger partial charge in [-0.2, -0.15) is 0 Å². The Balaban J connectivity index is 1.37. The van der Waals surface area contributed by atoms with Crippen LogP contribution in [-0.2, 0) is 11.3 Å². The van der Waals surface area contributed by atoms with E-state index in [2.05, 4.69) is 10.2 Å². The van der Waals surface area contributed by atoms with Crippen LogP contribution in [0.2, 0.25) is 0 Å². The first-order valence-electron chi connectivity index (χ1n) is 9.11. The fraction of sp³-hybridized carbons (Fsp3) is 0.400. The molecule has 0 saturated carbocycles. The molecule has 0 unspecified atom stereocenters. The van der Waals surface area contributed by atoms with Crippen LogP contribution in [0, 0.1) is 0 Å². The van der Waals surface area contributed by atoms with E-state index >= 15 is 0 Å². The Kier molecular flexibility index (Phi) is 6.49. The third kappa shape index (κ3) is 5.10. The summed E-state index contributed by atoms with van der Waals surface area (Å²) in [6.07, 6.45) is 1.94. The first-order valence-corrected chi connectivity index (χ1v) is 9.11. The molecular weight excluding hydrogens is 346 g/mol. The number of nitrogens with one attached hydrogen (secondary N) is 1. The average Bonchev–Trinajstić information content (AvgIpc) is 3.25. The Bertz CT molecular complexity index is 752. The third-order valence-corrected chi connectivity index (χ3v) is 4.72. The predicted octanol–water partition coefficient (Wildman–Crippen LogP) is 1.75. The normalized spacial score (nSPS) is 14.8. The van der Waals surface area contributed by atoms with E-state index in [1.807, 2.05) is 24.3 Å². The van der Waals surface area contributed by atoms with Crippen LogP contribution in [0.4, 0.5) is 0 Å². The summed E-state index contributed by atoms with van der Waals surface area (Å²) in [5.41, 5.74) is 0.957. The first kappa shape index (κ1) is 19.0. The largest absolute Gasteiger partial charge is 0.496 e. The van der Waals surface area contributed by atoms with Crippen LogP contribution in [0.3, 0.4) is 0 Å². The molecule has 3 rings (SSSR count). The molecule has 7 heteroatoms. The molecule has 2 amide bonds. The van der Waals surface area contributed by atoms with E-state index in [9.17, 15) is 9.59 Å². The molecule has 7 nitrogen and oxygen atoms in total. The number of hydrogen-bond donors (Lipinski definition) is 1. The lowest BCUT2D eigenvalue weighted by atomic mass is 10.2. The lowest BCUT2D eigenvalue weighted by molar-refractivity contribution is -0.121. The molecule has 0 spiro atoms. The van der Waals surface area contributed by atoms with Crippen LogP contribution in [0.1, 0.15) is 22.5 Å². The number of ether oxygens (including phenoxy) is 1. The number of carbonyl (C=O) groups excluding carboxylic acids is 2. The molecule has 27 heavy (non-hydrogen) atoms. The van der Waals surface area contributed by atoms with Gasteiger partial charge in [0, 0.05) is 51.3 Å². The Morgan fingerprint density at radius 3 is 2.59 bits per heavy atom. The Morgan fingerprint density at radius 1 is 1.11 bits per heavy atom. The smallest absolute Gasteiger partial charge is 0.289 e. The molecule has 1 saturated heterocycles. The highest BCUT2D eigenvalue weighted by Crippen LogP contribution is 2.16. The quantitative estimate of drug-likeness (QED) is 0.803. The van der Waals surface area contributed by atoms with Crippen LogP contribution in [0.15, 0.2) is 47.1 Å². The molecule has 1 aromatic carbocycles. The van der Waals surface area contributed by atoms with E-state index < -0.39 is 0 Å². The van der Waals surface area contributed by atoms with Crippen LogP contribution in [0.5, 0.6) is 5.75 Å². The minimum absolute atomic E-state index is 0.00926. The van der Waals surface area contributed by atoms with Crippen molar-refractivity contribution in [2.75, 3.05) is 39.8 Å². The first-order chi connectivity index (χ1) is 13.2. The van der Waals surface area contributed by atoms with Crippen molar-refractivity contribution in [3.05, 3.63) is 54.0 Å². The fourth-order valence-electron chi connectivity index (χ4n) is 3.12. The summed E-state index contributed by atoms with van der Waals surface area (Å²) in [5, 5.41) is 2.94. The SMILES string of the molecule is COc1ccccc1CNC(=O)CCN1CCN(C(=O)c2ccco2)CC1. The topological polar surface area (TPSA) is 75.0 Å². The number of carbonyl (C=O) groups is 2. The van der Waals surface area contributed by atoms with Gasteiger partial charge in [0.05, 0.1) is 13.4 Å². The summed E-state index contributed by atoms with van der Waals surface area (Å²) in [5.74, 6) is 1.08. The predicted molar refractivity (Wildman–Crippen MR) is 101 cm³/mol. The zero-order chi connectivity index (χ0) is 19.1. The number of rotatable bonds is 7. The van der Waals surface area contributed by atoms with Gasteiger partial charge in [-0.25, -0.2) is 0 Å². The Hall–Kier alpha value is -2.80. The van der Waals surface area contributed by atoms with Crippen molar-refractivity contribution in [1.29, 1.82) is 0 Å². The molecule has 2 aromatic rings. The molecule has 1 aliphatic rings. The van der Waals surface area contributed by atoms with E-state index in [4.69, 9.17) is 9.15 Å². The minimum Gasteiger partial charge on any atom is -0.496 e. The van der Waals surface area contributed by atoms with Gasteiger partial charge in [-0.15, -0.1) is 0 Å². The molecule has 1 fully saturated rings. The highest BCUT2D eigenvalue weighted by Gasteiger charge is 2.23. The summed E-state index contributed by atoms with van der Waals surface area (Å²) in [7, 11) is 1.62. The number of nitrogens with zero attached hydrogens (tertiary/aromatic N) is 2. The average molecular weight is 371 g/mol. The number of para-hydroxylation sites is 1. The molecular formula is C20H25N3O4. The van der Waals surface area contributed by atoms with Crippen LogP contribution < -0.4 is 10.1 Å². The monoisotopic (exact) mass is 371 g/mol. The van der Waals surface area contributed by atoms with Crippen molar-refractivity contribution in [3.8, 4) is 5.75 Å². The number of hydrogen-bond acceptors (Lipinski definition) is 5. The molecule has 144 valence electrons. The van der Waals surface area contributed by atoms with E-state index in [-0.39, 0.29) is 11.8 Å². The number of amides is 2. The van der Waals surface area contributed by atoms with Gasteiger partial charge in [0.2, 0.25) is 5.91 Å². The molecule has 0 aliphatic carbocycles. The van der Waals surface area contributed by atoms with Crippen LogP contribution in [-0.4, -0.2) is 61.4 Å². The van der Waals surface area contributed by atoms with Gasteiger partial charge >= 0.3 is 0 Å². The van der Waals surface area contributed by atoms with Crippen molar-refractivity contribution in [2.45, 2.75) is 13.0 Å². The summed E-state index contributed by atoms with van der Waals surface area (Å²) >= 11 is 0. The molecule has 1 aromatic heterocycles. The zero-order valence-electron chi connectivity index (χ0n) is 15.5. The molecule has 1 N–H and O–H groups in total. The highest BCUT2D eigenvalue weighted by atomic mass is 16.5. The molecule has 0 bridgehead atoms. The van der Waals surface area contributed by atoms with Gasteiger partial charge in [-0.1, -0.05) is 18.2 Å². The second kappa shape index (κ2) is 9.23. The van der Waals surface area contributed by atoms with Crippen molar-refractivity contribution >= 4 is 11.8 Å². The summed E-state index contributed by atoms with van der Waals surface area (Å²) in [6, 6.07) is 11.0. The van der Waals surface area contributed by atoms with E-state index in [0.29, 0.717) is 38.4 Å². The number of benzene rings is 1. The highest BCUT2D eigenvalue weighted by molar-refractivity contribution is 5.91. The summed E-state index contributed by atoms with van der Waals surface area (Å²) in [4.78, 5) is 28.4. The maximum absolute atomic E-state index is 12.2. The zero-order valence-corrected chi connectivity index (χ0v) is 15.5. The summed E-state index contributed by atoms with van der Waals surface area (Å²) < 4.78 is 10.5. The van der Waals surface area contributed by atoms with Gasteiger partial charge in [0.25, 0.3) is 5.91 Å². The second-order valence-electron chi connectivity index (χ2n) is 6.45. The molecule has 0 atom stereocenters. The molecule has 2 heterocycles. The fourth-order valence-corrected chi connectivity index (χ4v) is 3.12. The van der Waals surface area contributed by atoms with E-state index in [0.717, 1.165) is 24.4 Å². The van der Waals surface area contributed by atoms with Gasteiger partial charge in [0.1, 0.15) is 5.75 Å². The van der Waals surface area contributed by atoms with Crippen LogP contribution >= 0.6 is 0 Å². The van der Waals surface area contributed by atoms with Gasteiger partial charge < -0.3 is 19.4 Å². The second-order valence-corrected chi connectivity index (χ2v) is 6.45. The van der Waals surface area contributed by atoms with Crippen LogP contribution in [0.25, 0.3) is 0 Å². The molecule has 1 aliphatic heterocycles. The van der Waals surface area contributed by atoms with Crippen molar-refractivity contribution < 1.29 is 18.7 Å². The van der Waals surface area contributed by atoms with E-state index in [1.165, 1.54) is 6.26 Å². The maximum atomic E-state index is 12.2. The Morgan fingerprint density at radius 2 is 1.89 bits per heavy atom. The van der Waals surface area contributed by atoms with Crippen molar-refractivity contribution in [1.82, 2.24) is 15.1 Å². The lowest BCUT2D eigenvalue weighted by Gasteiger charge is -2.34. The standard InChI is InChI=1S/C20H25N3O4/c1-26-17-6-3-2-5-16(17)15-21-19(24)8-9-22-10-12-23(13-11-22)20(25)18-7-4-14-27-18/h2-7,14H,8-13,15H2,1H3,(H,21,24). The number of furan rings is 1. The third-order valence-electron chi connectivity index (χ3n) is 4.72. The lowest BCUT2D eigenvalue weighted by Crippen LogP contribution is -2.49. The maximum Gasteiger partial charge on any atom is 0.289 e. The minimum atomic E-state index is -0.0748. The molecule has 0 radical (unpaired) electrons.